The third kappa shape index (κ3) is 6.92. The Kier molecular flexibility index (Phi) is 10.9. The lowest BCUT2D eigenvalue weighted by Crippen LogP contribution is -2.43. The van der Waals surface area contributed by atoms with Crippen molar-refractivity contribution in [2.45, 2.75) is 45.8 Å². The monoisotopic (exact) mass is 285 g/mol. The molecule has 2 atom stereocenters. The third-order valence-electron chi connectivity index (χ3n) is 2.87. The molecule has 1 aromatic carbocycles. The molecule has 110 valence electrons. The van der Waals surface area contributed by atoms with Gasteiger partial charge >= 0.3 is 0 Å². The number of benzene rings is 1. The highest BCUT2D eigenvalue weighted by atomic mass is 35.5. The summed E-state index contributed by atoms with van der Waals surface area (Å²) in [5, 5.41) is 7.88. The lowest BCUT2D eigenvalue weighted by atomic mass is 10.1. The SMILES string of the molecule is CCCNC(CC)NC(C)c1ccccc1Cl.CN. The number of hydrogen-bond acceptors (Lipinski definition) is 3. The summed E-state index contributed by atoms with van der Waals surface area (Å²) in [6.07, 6.45) is 2.56. The summed E-state index contributed by atoms with van der Waals surface area (Å²) in [6, 6.07) is 8.27. The lowest BCUT2D eigenvalue weighted by Gasteiger charge is -2.24. The van der Waals surface area contributed by atoms with Crippen LogP contribution in [0, 0.1) is 0 Å². The van der Waals surface area contributed by atoms with Crippen LogP contribution in [-0.2, 0) is 0 Å². The van der Waals surface area contributed by atoms with Gasteiger partial charge in [-0.3, -0.25) is 5.32 Å². The summed E-state index contributed by atoms with van der Waals surface area (Å²) in [5.74, 6) is 0. The molecule has 0 bridgehead atoms. The van der Waals surface area contributed by atoms with Crippen molar-refractivity contribution in [3.8, 4) is 0 Å². The number of nitrogens with two attached hydrogens (primary N) is 1. The first-order chi connectivity index (χ1) is 9.19. The molecule has 0 amide bonds. The van der Waals surface area contributed by atoms with Gasteiger partial charge in [0, 0.05) is 11.1 Å². The minimum absolute atomic E-state index is 0.262. The van der Waals surface area contributed by atoms with Crippen molar-refractivity contribution in [2.75, 3.05) is 13.6 Å². The van der Waals surface area contributed by atoms with Crippen LogP contribution in [-0.4, -0.2) is 19.8 Å². The van der Waals surface area contributed by atoms with Gasteiger partial charge in [0.1, 0.15) is 0 Å². The average Bonchev–Trinajstić information content (AvgIpc) is 2.45. The first-order valence-corrected chi connectivity index (χ1v) is 7.38. The second-order valence-corrected chi connectivity index (χ2v) is 4.73. The van der Waals surface area contributed by atoms with E-state index in [0.29, 0.717) is 6.17 Å². The Balaban J connectivity index is 0.00000154. The summed E-state index contributed by atoms with van der Waals surface area (Å²) in [7, 11) is 1.50. The van der Waals surface area contributed by atoms with E-state index in [2.05, 4.69) is 43.2 Å². The smallest absolute Gasteiger partial charge is 0.0573 e. The summed E-state index contributed by atoms with van der Waals surface area (Å²) in [6.45, 7) is 7.55. The van der Waals surface area contributed by atoms with Crippen LogP contribution in [0.5, 0.6) is 0 Å². The molecule has 0 aliphatic carbocycles. The third-order valence-corrected chi connectivity index (χ3v) is 3.22. The topological polar surface area (TPSA) is 50.1 Å². The Bertz CT molecular complexity index is 331. The van der Waals surface area contributed by atoms with Crippen molar-refractivity contribution in [3.63, 3.8) is 0 Å². The van der Waals surface area contributed by atoms with Gasteiger partial charge in [0.25, 0.3) is 0 Å². The first-order valence-electron chi connectivity index (χ1n) is 7.00. The molecule has 0 radical (unpaired) electrons. The van der Waals surface area contributed by atoms with E-state index in [1.807, 2.05) is 18.2 Å². The van der Waals surface area contributed by atoms with E-state index in [1.165, 1.54) is 7.05 Å². The fourth-order valence-electron chi connectivity index (χ4n) is 1.86. The molecular formula is C15H28ClN3. The van der Waals surface area contributed by atoms with Crippen LogP contribution >= 0.6 is 11.6 Å². The predicted molar refractivity (Wildman–Crippen MR) is 85.5 cm³/mol. The van der Waals surface area contributed by atoms with Crippen molar-refractivity contribution < 1.29 is 0 Å². The van der Waals surface area contributed by atoms with Gasteiger partial charge in [-0.1, -0.05) is 43.6 Å². The second kappa shape index (κ2) is 11.2. The van der Waals surface area contributed by atoms with Gasteiger partial charge in [0.2, 0.25) is 0 Å². The summed E-state index contributed by atoms with van der Waals surface area (Å²) in [4.78, 5) is 0. The van der Waals surface area contributed by atoms with Crippen molar-refractivity contribution in [3.05, 3.63) is 34.9 Å². The first kappa shape index (κ1) is 18.4. The molecule has 1 rings (SSSR count). The Morgan fingerprint density at radius 2 is 1.84 bits per heavy atom. The van der Waals surface area contributed by atoms with Gasteiger partial charge < -0.3 is 11.1 Å². The zero-order valence-electron chi connectivity index (χ0n) is 12.5. The lowest BCUT2D eigenvalue weighted by molar-refractivity contribution is 0.377. The number of halogens is 1. The molecule has 2 unspecified atom stereocenters. The Labute approximate surface area is 122 Å². The quantitative estimate of drug-likeness (QED) is 0.674. The zero-order valence-corrected chi connectivity index (χ0v) is 13.3. The zero-order chi connectivity index (χ0) is 14.7. The molecule has 3 nitrogen and oxygen atoms in total. The van der Waals surface area contributed by atoms with E-state index in [4.69, 9.17) is 11.6 Å². The molecule has 0 aliphatic heterocycles. The van der Waals surface area contributed by atoms with Crippen molar-refractivity contribution in [1.29, 1.82) is 0 Å². The average molecular weight is 286 g/mol. The van der Waals surface area contributed by atoms with Crippen LogP contribution < -0.4 is 16.4 Å². The minimum atomic E-state index is 0.262. The Hall–Kier alpha value is -0.610. The maximum atomic E-state index is 6.19. The molecule has 0 aliphatic rings. The summed E-state index contributed by atoms with van der Waals surface area (Å²) < 4.78 is 0. The normalized spacial score (nSPS) is 13.4. The molecule has 0 heterocycles. The van der Waals surface area contributed by atoms with Gasteiger partial charge in [-0.05, 0) is 45.0 Å². The van der Waals surface area contributed by atoms with Gasteiger partial charge in [-0.25, -0.2) is 0 Å². The van der Waals surface area contributed by atoms with E-state index in [1.54, 1.807) is 0 Å². The van der Waals surface area contributed by atoms with Crippen molar-refractivity contribution >= 4 is 11.6 Å². The molecule has 4 N–H and O–H groups in total. The highest BCUT2D eigenvalue weighted by Gasteiger charge is 2.12. The standard InChI is InChI=1S/C14H23ClN2.CH5N/c1-4-10-16-14(5-2)17-11(3)12-8-6-7-9-13(12)15;1-2/h6-9,11,14,16-17H,4-5,10H2,1-3H3;2H2,1H3. The van der Waals surface area contributed by atoms with Crippen LogP contribution in [0.15, 0.2) is 24.3 Å². The highest BCUT2D eigenvalue weighted by Crippen LogP contribution is 2.22. The molecule has 0 spiro atoms. The van der Waals surface area contributed by atoms with E-state index in [-0.39, 0.29) is 6.04 Å². The van der Waals surface area contributed by atoms with Crippen LogP contribution in [0.1, 0.15) is 45.2 Å². The maximum Gasteiger partial charge on any atom is 0.0573 e. The van der Waals surface area contributed by atoms with Gasteiger partial charge in [-0.2, -0.15) is 0 Å². The van der Waals surface area contributed by atoms with E-state index in [0.717, 1.165) is 30.0 Å². The molecule has 0 fully saturated rings. The van der Waals surface area contributed by atoms with E-state index < -0.39 is 0 Å². The van der Waals surface area contributed by atoms with E-state index >= 15 is 0 Å². The van der Waals surface area contributed by atoms with Crippen LogP contribution in [0.2, 0.25) is 5.02 Å². The number of rotatable bonds is 7. The molecule has 0 aromatic heterocycles. The van der Waals surface area contributed by atoms with Crippen molar-refractivity contribution in [1.82, 2.24) is 10.6 Å². The van der Waals surface area contributed by atoms with Gasteiger partial charge in [0.05, 0.1) is 6.17 Å². The fourth-order valence-corrected chi connectivity index (χ4v) is 2.16. The van der Waals surface area contributed by atoms with Gasteiger partial charge in [0.15, 0.2) is 0 Å². The largest absolute Gasteiger partial charge is 0.333 e. The molecule has 0 saturated carbocycles. The number of hydrogen-bond donors (Lipinski definition) is 3. The molecule has 4 heteroatoms. The molecular weight excluding hydrogens is 258 g/mol. The van der Waals surface area contributed by atoms with E-state index in [9.17, 15) is 0 Å². The Morgan fingerprint density at radius 3 is 2.37 bits per heavy atom. The number of nitrogens with one attached hydrogen (secondary N) is 2. The van der Waals surface area contributed by atoms with Crippen LogP contribution in [0.3, 0.4) is 0 Å². The fraction of sp³-hybridized carbons (Fsp3) is 0.600. The molecule has 1 aromatic rings. The van der Waals surface area contributed by atoms with Crippen molar-refractivity contribution in [2.24, 2.45) is 5.73 Å². The maximum absolute atomic E-state index is 6.19. The van der Waals surface area contributed by atoms with Crippen LogP contribution in [0.25, 0.3) is 0 Å². The van der Waals surface area contributed by atoms with Gasteiger partial charge in [-0.15, -0.1) is 0 Å². The van der Waals surface area contributed by atoms with Crippen LogP contribution in [0.4, 0.5) is 0 Å². The summed E-state index contributed by atoms with van der Waals surface area (Å²) >= 11 is 6.19. The highest BCUT2D eigenvalue weighted by molar-refractivity contribution is 6.31. The molecule has 0 saturated heterocycles. The second-order valence-electron chi connectivity index (χ2n) is 4.32. The summed E-state index contributed by atoms with van der Waals surface area (Å²) in [5.41, 5.74) is 5.66. The predicted octanol–water partition coefficient (Wildman–Crippen LogP) is 3.30. The minimum Gasteiger partial charge on any atom is -0.333 e. The molecule has 19 heavy (non-hydrogen) atoms. The Morgan fingerprint density at radius 1 is 1.21 bits per heavy atom.